The molecule has 0 bridgehead atoms. The predicted octanol–water partition coefficient (Wildman–Crippen LogP) is 3.65. The molecule has 1 heterocycles. The van der Waals surface area contributed by atoms with Crippen LogP contribution in [0.2, 0.25) is 5.02 Å². The lowest BCUT2D eigenvalue weighted by atomic mass is 10.1. The van der Waals surface area contributed by atoms with E-state index < -0.39 is 0 Å². The molecular formula is C11H11ClOS. The normalized spacial score (nSPS) is 13.4. The van der Waals surface area contributed by atoms with Gasteiger partial charge in [0.15, 0.2) is 0 Å². The van der Waals surface area contributed by atoms with Crippen molar-refractivity contribution in [1.29, 1.82) is 0 Å². The first-order chi connectivity index (χ1) is 6.70. The van der Waals surface area contributed by atoms with Crippen LogP contribution in [0.4, 0.5) is 0 Å². The Hall–Kier alpha value is -0.570. The van der Waals surface area contributed by atoms with E-state index >= 15 is 0 Å². The summed E-state index contributed by atoms with van der Waals surface area (Å²) in [5.41, 5.74) is 0. The van der Waals surface area contributed by atoms with E-state index in [2.05, 4.69) is 6.07 Å². The first-order valence-corrected chi connectivity index (χ1v) is 5.70. The molecular weight excluding hydrogens is 216 g/mol. The molecule has 1 nitrogen and oxygen atoms in total. The monoisotopic (exact) mass is 226 g/mol. The van der Waals surface area contributed by atoms with Gasteiger partial charge in [-0.3, -0.25) is 0 Å². The molecule has 0 aliphatic heterocycles. The number of thiophene rings is 1. The maximum atomic E-state index is 9.05. The maximum Gasteiger partial charge on any atom is 0.0504 e. The van der Waals surface area contributed by atoms with Crippen LogP contribution in [0.1, 0.15) is 17.7 Å². The minimum absolute atomic E-state index is 0.195. The molecule has 1 N–H and O–H groups in total. The van der Waals surface area contributed by atoms with Crippen LogP contribution in [0.15, 0.2) is 24.3 Å². The van der Waals surface area contributed by atoms with E-state index in [0.717, 1.165) is 10.4 Å². The van der Waals surface area contributed by atoms with Crippen LogP contribution in [-0.2, 0) is 0 Å². The van der Waals surface area contributed by atoms with Crippen molar-refractivity contribution < 1.29 is 5.11 Å². The van der Waals surface area contributed by atoms with E-state index in [0.29, 0.717) is 0 Å². The van der Waals surface area contributed by atoms with Gasteiger partial charge < -0.3 is 5.11 Å². The summed E-state index contributed by atoms with van der Waals surface area (Å²) < 4.78 is 1.23. The molecule has 0 amide bonds. The number of hydrogen-bond donors (Lipinski definition) is 1. The van der Waals surface area contributed by atoms with Gasteiger partial charge in [0, 0.05) is 20.5 Å². The van der Waals surface area contributed by atoms with Gasteiger partial charge in [-0.1, -0.05) is 18.5 Å². The summed E-state index contributed by atoms with van der Waals surface area (Å²) in [7, 11) is 0. The second-order valence-corrected chi connectivity index (χ2v) is 4.97. The van der Waals surface area contributed by atoms with E-state index in [4.69, 9.17) is 16.7 Å². The molecule has 0 fully saturated rings. The minimum Gasteiger partial charge on any atom is -0.396 e. The summed E-state index contributed by atoms with van der Waals surface area (Å²) in [6.45, 7) is 2.22. The molecule has 1 unspecified atom stereocenters. The smallest absolute Gasteiger partial charge is 0.0504 e. The van der Waals surface area contributed by atoms with Crippen molar-refractivity contribution in [2.24, 2.45) is 0 Å². The Kier molecular flexibility index (Phi) is 2.77. The summed E-state index contributed by atoms with van der Waals surface area (Å²) in [4.78, 5) is 1.21. The van der Waals surface area contributed by atoms with Gasteiger partial charge in [-0.05, 0) is 29.7 Å². The van der Waals surface area contributed by atoms with Crippen molar-refractivity contribution in [3.63, 3.8) is 0 Å². The lowest BCUT2D eigenvalue weighted by Crippen LogP contribution is -1.94. The number of fused-ring (bicyclic) bond motifs is 1. The van der Waals surface area contributed by atoms with Crippen molar-refractivity contribution in [1.82, 2.24) is 0 Å². The Morgan fingerprint density at radius 1 is 1.43 bits per heavy atom. The van der Waals surface area contributed by atoms with Crippen LogP contribution in [0, 0.1) is 0 Å². The van der Waals surface area contributed by atoms with Crippen molar-refractivity contribution in [3.8, 4) is 0 Å². The fourth-order valence-electron chi connectivity index (χ4n) is 1.37. The molecule has 0 saturated carbocycles. The summed E-state index contributed by atoms with van der Waals surface area (Å²) in [6.07, 6.45) is 0. The molecule has 74 valence electrons. The van der Waals surface area contributed by atoms with E-state index in [1.807, 2.05) is 25.1 Å². The van der Waals surface area contributed by atoms with Crippen molar-refractivity contribution in [2.45, 2.75) is 12.8 Å². The van der Waals surface area contributed by atoms with Gasteiger partial charge in [-0.2, -0.15) is 0 Å². The molecule has 0 aliphatic rings. The van der Waals surface area contributed by atoms with Gasteiger partial charge >= 0.3 is 0 Å². The lowest BCUT2D eigenvalue weighted by Gasteiger charge is -2.01. The zero-order valence-electron chi connectivity index (χ0n) is 7.83. The third-order valence-electron chi connectivity index (χ3n) is 2.26. The minimum atomic E-state index is 0.195. The second kappa shape index (κ2) is 3.89. The molecule has 0 saturated heterocycles. The number of aliphatic hydroxyl groups is 1. The molecule has 2 rings (SSSR count). The van der Waals surface area contributed by atoms with Gasteiger partial charge in [0.05, 0.1) is 6.61 Å². The maximum absolute atomic E-state index is 9.05. The number of rotatable bonds is 2. The first-order valence-electron chi connectivity index (χ1n) is 4.50. The summed E-state index contributed by atoms with van der Waals surface area (Å²) in [5.74, 6) is 0.214. The Bertz CT molecular complexity index is 449. The number of benzene rings is 1. The molecule has 1 atom stereocenters. The Morgan fingerprint density at radius 2 is 2.21 bits per heavy atom. The topological polar surface area (TPSA) is 20.2 Å². The lowest BCUT2D eigenvalue weighted by molar-refractivity contribution is 0.274. The third-order valence-corrected chi connectivity index (χ3v) is 3.84. The molecule has 1 aromatic carbocycles. The molecule has 2 aromatic rings. The highest BCUT2D eigenvalue weighted by molar-refractivity contribution is 7.19. The van der Waals surface area contributed by atoms with E-state index in [1.54, 1.807) is 11.3 Å². The largest absolute Gasteiger partial charge is 0.396 e. The van der Waals surface area contributed by atoms with Gasteiger partial charge in [-0.15, -0.1) is 11.3 Å². The van der Waals surface area contributed by atoms with Gasteiger partial charge in [0.2, 0.25) is 0 Å². The number of aliphatic hydroxyl groups excluding tert-OH is 1. The Morgan fingerprint density at radius 3 is 2.93 bits per heavy atom. The quantitative estimate of drug-likeness (QED) is 0.829. The fraction of sp³-hybridized carbons (Fsp3) is 0.273. The first kappa shape index (κ1) is 9.97. The zero-order valence-corrected chi connectivity index (χ0v) is 9.40. The Balaban J connectivity index is 2.51. The molecule has 14 heavy (non-hydrogen) atoms. The molecule has 1 aromatic heterocycles. The second-order valence-electron chi connectivity index (χ2n) is 3.41. The summed E-state index contributed by atoms with van der Waals surface area (Å²) in [6, 6.07) is 7.98. The Labute approximate surface area is 91.9 Å². The van der Waals surface area contributed by atoms with Crippen LogP contribution in [0.3, 0.4) is 0 Å². The van der Waals surface area contributed by atoms with Crippen LogP contribution < -0.4 is 0 Å². The van der Waals surface area contributed by atoms with E-state index in [9.17, 15) is 0 Å². The molecule has 0 radical (unpaired) electrons. The fourth-order valence-corrected chi connectivity index (χ4v) is 2.64. The van der Waals surface area contributed by atoms with E-state index in [1.165, 1.54) is 9.58 Å². The zero-order chi connectivity index (χ0) is 10.1. The number of halogens is 1. The highest BCUT2D eigenvalue weighted by Crippen LogP contribution is 2.32. The molecule has 0 aliphatic carbocycles. The van der Waals surface area contributed by atoms with Gasteiger partial charge in [0.1, 0.15) is 0 Å². The highest BCUT2D eigenvalue weighted by Gasteiger charge is 2.08. The predicted molar refractivity (Wildman–Crippen MR) is 62.3 cm³/mol. The van der Waals surface area contributed by atoms with Crippen molar-refractivity contribution >= 4 is 33.0 Å². The van der Waals surface area contributed by atoms with Crippen LogP contribution in [0.5, 0.6) is 0 Å². The average molecular weight is 227 g/mol. The van der Waals surface area contributed by atoms with E-state index in [-0.39, 0.29) is 12.5 Å². The SMILES string of the molecule is CC(CO)c1cc2cc(Cl)ccc2s1. The van der Waals surface area contributed by atoms with Gasteiger partial charge in [-0.25, -0.2) is 0 Å². The van der Waals surface area contributed by atoms with Gasteiger partial charge in [0.25, 0.3) is 0 Å². The summed E-state index contributed by atoms with van der Waals surface area (Å²) in [5, 5.41) is 11.0. The van der Waals surface area contributed by atoms with Crippen molar-refractivity contribution in [3.05, 3.63) is 34.2 Å². The standard InChI is InChI=1S/C11H11ClOS/c1-7(6-13)11-5-8-4-9(12)2-3-10(8)14-11/h2-5,7,13H,6H2,1H3. The van der Waals surface area contributed by atoms with Crippen LogP contribution in [0.25, 0.3) is 10.1 Å². The third kappa shape index (κ3) is 1.78. The van der Waals surface area contributed by atoms with Crippen LogP contribution in [-0.4, -0.2) is 11.7 Å². The number of hydrogen-bond acceptors (Lipinski definition) is 2. The average Bonchev–Trinajstić information content (AvgIpc) is 2.59. The molecule has 0 spiro atoms. The van der Waals surface area contributed by atoms with Crippen molar-refractivity contribution in [2.75, 3.05) is 6.61 Å². The highest BCUT2D eigenvalue weighted by atomic mass is 35.5. The van der Waals surface area contributed by atoms with Crippen LogP contribution >= 0.6 is 22.9 Å². The summed E-state index contributed by atoms with van der Waals surface area (Å²) >= 11 is 7.62. The molecule has 3 heteroatoms.